The summed E-state index contributed by atoms with van der Waals surface area (Å²) < 4.78 is 33.6. The normalized spacial score (nSPS) is 16.9. The van der Waals surface area contributed by atoms with Crippen molar-refractivity contribution in [1.29, 1.82) is 0 Å². The molecule has 1 amide bonds. The number of ether oxygens (including phenoxy) is 1. The lowest BCUT2D eigenvalue weighted by atomic mass is 10.1. The number of carbonyl (C=O) groups is 1. The van der Waals surface area contributed by atoms with Gasteiger partial charge in [-0.1, -0.05) is 29.3 Å². The van der Waals surface area contributed by atoms with Crippen LogP contribution in [0.4, 0.5) is 5.69 Å². The Morgan fingerprint density at radius 3 is 2.43 bits per heavy atom. The van der Waals surface area contributed by atoms with E-state index in [0.717, 1.165) is 5.56 Å². The number of anilines is 1. The van der Waals surface area contributed by atoms with Gasteiger partial charge in [0.05, 0.1) is 17.1 Å². The smallest absolute Gasteiger partial charge is 0.264 e. The fourth-order valence-electron chi connectivity index (χ4n) is 2.88. The van der Waals surface area contributed by atoms with E-state index in [-0.39, 0.29) is 17.3 Å². The highest BCUT2D eigenvalue weighted by atomic mass is 35.5. The molecule has 1 aliphatic heterocycles. The van der Waals surface area contributed by atoms with Crippen molar-refractivity contribution in [1.82, 2.24) is 5.32 Å². The average molecular weight is 423 g/mol. The largest absolute Gasteiger partial charge is 0.476 e. The van der Waals surface area contributed by atoms with Crippen molar-refractivity contribution >= 4 is 33.2 Å². The highest BCUT2D eigenvalue weighted by molar-refractivity contribution is 7.92. The number of carbonyl (C=O) groups excluding carboxylic acids is 1. The van der Waals surface area contributed by atoms with Gasteiger partial charge in [0.15, 0.2) is 6.10 Å². The summed E-state index contributed by atoms with van der Waals surface area (Å²) in [6.45, 7) is 7.28. The first-order valence-corrected chi connectivity index (χ1v) is 10.7. The second-order valence-corrected chi connectivity index (χ2v) is 10.1. The van der Waals surface area contributed by atoms with E-state index in [1.807, 2.05) is 27.7 Å². The topological polar surface area (TPSA) is 75.7 Å². The van der Waals surface area contributed by atoms with E-state index in [9.17, 15) is 13.2 Å². The van der Waals surface area contributed by atoms with E-state index in [2.05, 4.69) is 5.32 Å². The zero-order valence-corrected chi connectivity index (χ0v) is 17.8. The molecule has 0 unspecified atom stereocenters. The van der Waals surface area contributed by atoms with Crippen molar-refractivity contribution in [3.8, 4) is 5.75 Å². The first-order valence-electron chi connectivity index (χ1n) is 8.85. The van der Waals surface area contributed by atoms with Gasteiger partial charge in [0.25, 0.3) is 15.9 Å². The molecule has 8 heteroatoms. The van der Waals surface area contributed by atoms with Crippen LogP contribution in [0, 0.1) is 6.92 Å². The maximum atomic E-state index is 13.3. The molecule has 1 atom stereocenters. The molecule has 1 aliphatic rings. The van der Waals surface area contributed by atoms with Crippen LogP contribution < -0.4 is 14.4 Å². The van der Waals surface area contributed by atoms with Gasteiger partial charge in [-0.05, 0) is 58.0 Å². The molecule has 0 saturated carbocycles. The molecule has 0 saturated heterocycles. The number of hydrogen-bond acceptors (Lipinski definition) is 4. The first kappa shape index (κ1) is 20.5. The maximum absolute atomic E-state index is 13.3. The molecular weight excluding hydrogens is 400 g/mol. The van der Waals surface area contributed by atoms with Crippen molar-refractivity contribution in [2.75, 3.05) is 10.8 Å². The Balaban J connectivity index is 2.04. The molecule has 0 fully saturated rings. The van der Waals surface area contributed by atoms with Gasteiger partial charge >= 0.3 is 0 Å². The Hall–Kier alpha value is -2.25. The SMILES string of the molecule is Cc1ccc(S(=O)(=O)N2C[C@@H](C(=O)NC(C)(C)C)Oc3ccc(Cl)cc32)cc1. The average Bonchev–Trinajstić information content (AvgIpc) is 2.59. The molecule has 150 valence electrons. The molecule has 1 N–H and O–H groups in total. The second-order valence-electron chi connectivity index (χ2n) is 7.81. The van der Waals surface area contributed by atoms with Crippen LogP contribution in [0.1, 0.15) is 26.3 Å². The minimum absolute atomic E-state index is 0.140. The summed E-state index contributed by atoms with van der Waals surface area (Å²) >= 11 is 6.09. The Kier molecular flexibility index (Phi) is 5.34. The number of sulfonamides is 1. The Morgan fingerprint density at radius 2 is 1.82 bits per heavy atom. The van der Waals surface area contributed by atoms with Gasteiger partial charge in [0.2, 0.25) is 0 Å². The van der Waals surface area contributed by atoms with Gasteiger partial charge in [-0.2, -0.15) is 0 Å². The summed E-state index contributed by atoms with van der Waals surface area (Å²) in [5.74, 6) is -0.0856. The zero-order chi connectivity index (χ0) is 20.7. The lowest BCUT2D eigenvalue weighted by Crippen LogP contribution is -2.54. The third-order valence-corrected chi connectivity index (χ3v) is 6.22. The second kappa shape index (κ2) is 7.29. The summed E-state index contributed by atoms with van der Waals surface area (Å²) in [5, 5.41) is 3.22. The van der Waals surface area contributed by atoms with E-state index in [0.29, 0.717) is 16.5 Å². The van der Waals surface area contributed by atoms with Crippen molar-refractivity contribution in [2.24, 2.45) is 0 Å². The van der Waals surface area contributed by atoms with Gasteiger partial charge in [0.1, 0.15) is 5.75 Å². The highest BCUT2D eigenvalue weighted by Crippen LogP contribution is 2.39. The molecule has 2 aromatic rings. The quantitative estimate of drug-likeness (QED) is 0.821. The molecule has 2 aromatic carbocycles. The number of benzene rings is 2. The number of hydrogen-bond donors (Lipinski definition) is 1. The van der Waals surface area contributed by atoms with Gasteiger partial charge in [-0.15, -0.1) is 0 Å². The molecule has 3 rings (SSSR count). The fraction of sp³-hybridized carbons (Fsp3) is 0.350. The van der Waals surface area contributed by atoms with E-state index in [1.54, 1.807) is 36.4 Å². The maximum Gasteiger partial charge on any atom is 0.264 e. The molecule has 0 aliphatic carbocycles. The summed E-state index contributed by atoms with van der Waals surface area (Å²) in [7, 11) is -3.90. The van der Waals surface area contributed by atoms with Crippen molar-refractivity contribution in [3.05, 3.63) is 53.1 Å². The fourth-order valence-corrected chi connectivity index (χ4v) is 4.51. The minimum atomic E-state index is -3.90. The number of nitrogens with zero attached hydrogens (tertiary/aromatic N) is 1. The summed E-state index contributed by atoms with van der Waals surface area (Å²) in [6, 6.07) is 11.3. The van der Waals surface area contributed by atoms with E-state index >= 15 is 0 Å². The Bertz CT molecular complexity index is 998. The highest BCUT2D eigenvalue weighted by Gasteiger charge is 2.38. The number of nitrogens with one attached hydrogen (secondary N) is 1. The molecule has 6 nitrogen and oxygen atoms in total. The van der Waals surface area contributed by atoms with Crippen LogP contribution in [0.3, 0.4) is 0 Å². The van der Waals surface area contributed by atoms with Gasteiger partial charge in [-0.25, -0.2) is 8.42 Å². The van der Waals surface area contributed by atoms with Crippen LogP contribution in [0.25, 0.3) is 0 Å². The number of aryl methyl sites for hydroxylation is 1. The summed E-state index contributed by atoms with van der Waals surface area (Å²) in [5.41, 5.74) is 0.793. The van der Waals surface area contributed by atoms with Crippen molar-refractivity contribution < 1.29 is 17.9 Å². The number of halogens is 1. The van der Waals surface area contributed by atoms with E-state index in [4.69, 9.17) is 16.3 Å². The minimum Gasteiger partial charge on any atom is -0.476 e. The monoisotopic (exact) mass is 422 g/mol. The van der Waals surface area contributed by atoms with Crippen LogP contribution in [-0.4, -0.2) is 32.5 Å². The molecule has 0 aromatic heterocycles. The molecule has 0 radical (unpaired) electrons. The zero-order valence-electron chi connectivity index (χ0n) is 16.2. The number of fused-ring (bicyclic) bond motifs is 1. The van der Waals surface area contributed by atoms with Crippen LogP contribution in [0.15, 0.2) is 47.4 Å². The van der Waals surface area contributed by atoms with E-state index < -0.39 is 21.7 Å². The lowest BCUT2D eigenvalue weighted by Gasteiger charge is -2.36. The van der Waals surface area contributed by atoms with Crippen molar-refractivity contribution in [3.63, 3.8) is 0 Å². The van der Waals surface area contributed by atoms with Crippen LogP contribution in [-0.2, 0) is 14.8 Å². The molecular formula is C20H23ClN2O4S. The Labute approximate surface area is 170 Å². The van der Waals surface area contributed by atoms with Gasteiger partial charge in [-0.3, -0.25) is 9.10 Å². The predicted octanol–water partition coefficient (Wildman–Crippen LogP) is 3.52. The number of rotatable bonds is 3. The third kappa shape index (κ3) is 4.25. The van der Waals surface area contributed by atoms with Crippen LogP contribution in [0.5, 0.6) is 5.75 Å². The Morgan fingerprint density at radius 1 is 1.18 bits per heavy atom. The van der Waals surface area contributed by atoms with Crippen molar-refractivity contribution in [2.45, 2.75) is 44.2 Å². The first-order chi connectivity index (χ1) is 13.0. The molecule has 1 heterocycles. The molecule has 28 heavy (non-hydrogen) atoms. The van der Waals surface area contributed by atoms with Crippen LogP contribution in [0.2, 0.25) is 5.02 Å². The summed E-state index contributed by atoms with van der Waals surface area (Å²) in [4.78, 5) is 12.8. The lowest BCUT2D eigenvalue weighted by molar-refractivity contribution is -0.129. The number of amides is 1. The van der Waals surface area contributed by atoms with E-state index in [1.165, 1.54) is 10.4 Å². The molecule has 0 spiro atoms. The molecule has 0 bridgehead atoms. The standard InChI is InChI=1S/C20H23ClN2O4S/c1-13-5-8-15(9-6-13)28(25,26)23-12-18(19(24)22-20(2,3)4)27-17-10-7-14(21)11-16(17)23/h5-11,18H,12H2,1-4H3,(H,22,24)/t18-/m0/s1. The third-order valence-electron chi connectivity index (χ3n) is 4.19. The van der Waals surface area contributed by atoms with Gasteiger partial charge < -0.3 is 10.1 Å². The van der Waals surface area contributed by atoms with Gasteiger partial charge in [0, 0.05) is 10.6 Å². The van der Waals surface area contributed by atoms with Crippen LogP contribution >= 0.6 is 11.6 Å². The predicted molar refractivity (Wildman–Crippen MR) is 109 cm³/mol. The summed E-state index contributed by atoms with van der Waals surface area (Å²) in [6.07, 6.45) is -0.979.